The van der Waals surface area contributed by atoms with Crippen LogP contribution >= 0.6 is 0 Å². The maximum absolute atomic E-state index is 5.91. The van der Waals surface area contributed by atoms with E-state index in [-0.39, 0.29) is 0 Å². The topological polar surface area (TPSA) is 24.5 Å². The molecule has 2 fully saturated rings. The van der Waals surface area contributed by atoms with Gasteiger partial charge in [-0.05, 0) is 57.4 Å². The second kappa shape index (κ2) is 6.15. The number of benzene rings is 1. The molecule has 110 valence electrons. The highest BCUT2D eigenvalue weighted by Gasteiger charge is 2.39. The standard InChI is InChI=1S/C17H26N2O/c1-13-4-3-5-17(10-13)20-9-8-19-15-6-7-16(19)12-14(11-15)18-2/h3-5,10,14-16,18H,6-9,11-12H2,1-2H3. The summed E-state index contributed by atoms with van der Waals surface area (Å²) in [5, 5.41) is 3.46. The molecule has 2 aliphatic rings. The van der Waals surface area contributed by atoms with Gasteiger partial charge < -0.3 is 10.1 Å². The molecule has 0 saturated carbocycles. The lowest BCUT2D eigenvalue weighted by Gasteiger charge is -2.38. The van der Waals surface area contributed by atoms with Gasteiger partial charge in [0.05, 0.1) is 0 Å². The van der Waals surface area contributed by atoms with Crippen LogP contribution in [0.25, 0.3) is 0 Å². The average molecular weight is 274 g/mol. The predicted molar refractivity (Wildman–Crippen MR) is 82.3 cm³/mol. The van der Waals surface area contributed by atoms with Crippen molar-refractivity contribution in [3.63, 3.8) is 0 Å². The van der Waals surface area contributed by atoms with Crippen molar-refractivity contribution in [2.75, 3.05) is 20.2 Å². The van der Waals surface area contributed by atoms with Crippen molar-refractivity contribution in [3.05, 3.63) is 29.8 Å². The summed E-state index contributed by atoms with van der Waals surface area (Å²) < 4.78 is 5.91. The summed E-state index contributed by atoms with van der Waals surface area (Å²) in [6.45, 7) is 3.98. The number of nitrogens with zero attached hydrogens (tertiary/aromatic N) is 1. The lowest BCUT2D eigenvalue weighted by molar-refractivity contribution is 0.0998. The van der Waals surface area contributed by atoms with Crippen molar-refractivity contribution < 1.29 is 4.74 Å². The molecule has 0 aliphatic carbocycles. The molecule has 3 nitrogen and oxygen atoms in total. The molecule has 2 aliphatic heterocycles. The minimum Gasteiger partial charge on any atom is -0.492 e. The molecular weight excluding hydrogens is 248 g/mol. The maximum atomic E-state index is 5.91. The van der Waals surface area contributed by atoms with E-state index in [1.54, 1.807) is 0 Å². The van der Waals surface area contributed by atoms with Gasteiger partial charge in [0, 0.05) is 24.7 Å². The van der Waals surface area contributed by atoms with E-state index in [0.717, 1.165) is 37.0 Å². The van der Waals surface area contributed by atoms with Crippen LogP contribution in [0.2, 0.25) is 0 Å². The number of aryl methyl sites for hydroxylation is 1. The molecule has 20 heavy (non-hydrogen) atoms. The van der Waals surface area contributed by atoms with Gasteiger partial charge >= 0.3 is 0 Å². The Morgan fingerprint density at radius 1 is 1.25 bits per heavy atom. The molecule has 1 aromatic rings. The molecule has 3 heteroatoms. The molecule has 2 bridgehead atoms. The van der Waals surface area contributed by atoms with E-state index in [9.17, 15) is 0 Å². The lowest BCUT2D eigenvalue weighted by Crippen LogP contribution is -2.49. The number of fused-ring (bicyclic) bond motifs is 2. The normalized spacial score (nSPS) is 29.6. The van der Waals surface area contributed by atoms with Gasteiger partial charge in [-0.15, -0.1) is 0 Å². The third-order valence-corrected chi connectivity index (χ3v) is 4.90. The van der Waals surface area contributed by atoms with Crippen LogP contribution in [0.3, 0.4) is 0 Å². The molecule has 2 atom stereocenters. The molecular formula is C17H26N2O. The van der Waals surface area contributed by atoms with Crippen LogP contribution in [0.15, 0.2) is 24.3 Å². The van der Waals surface area contributed by atoms with Crippen LogP contribution in [0.5, 0.6) is 5.75 Å². The summed E-state index contributed by atoms with van der Waals surface area (Å²) in [4.78, 5) is 2.68. The molecule has 2 saturated heterocycles. The van der Waals surface area contributed by atoms with Crippen molar-refractivity contribution in [2.45, 2.75) is 50.7 Å². The van der Waals surface area contributed by atoms with Gasteiger partial charge in [-0.1, -0.05) is 12.1 Å². The van der Waals surface area contributed by atoms with Crippen molar-refractivity contribution in [1.29, 1.82) is 0 Å². The SMILES string of the molecule is CNC1CC2CCC(C1)N2CCOc1cccc(C)c1. The molecule has 0 radical (unpaired) electrons. The highest BCUT2D eigenvalue weighted by Crippen LogP contribution is 2.35. The Kier molecular flexibility index (Phi) is 4.27. The van der Waals surface area contributed by atoms with Crippen LogP contribution < -0.4 is 10.1 Å². The third kappa shape index (κ3) is 2.99. The van der Waals surface area contributed by atoms with Crippen molar-refractivity contribution >= 4 is 0 Å². The van der Waals surface area contributed by atoms with Gasteiger partial charge in [-0.2, -0.15) is 0 Å². The van der Waals surface area contributed by atoms with Crippen molar-refractivity contribution in [3.8, 4) is 5.75 Å². The molecule has 0 spiro atoms. The van der Waals surface area contributed by atoms with Crippen LogP contribution in [0.4, 0.5) is 0 Å². The van der Waals surface area contributed by atoms with Crippen molar-refractivity contribution in [2.24, 2.45) is 0 Å². The Labute approximate surface area is 122 Å². The van der Waals surface area contributed by atoms with Gasteiger partial charge in [0.25, 0.3) is 0 Å². The zero-order valence-corrected chi connectivity index (χ0v) is 12.6. The van der Waals surface area contributed by atoms with E-state index < -0.39 is 0 Å². The molecule has 0 amide bonds. The second-order valence-electron chi connectivity index (χ2n) is 6.24. The molecule has 0 aromatic heterocycles. The Morgan fingerprint density at radius 3 is 2.65 bits per heavy atom. The summed E-state index contributed by atoms with van der Waals surface area (Å²) in [5.41, 5.74) is 1.26. The van der Waals surface area contributed by atoms with Gasteiger partial charge in [0.2, 0.25) is 0 Å². The van der Waals surface area contributed by atoms with Crippen LogP contribution in [-0.2, 0) is 0 Å². The lowest BCUT2D eigenvalue weighted by atomic mass is 9.97. The van der Waals surface area contributed by atoms with E-state index in [1.807, 2.05) is 0 Å². The fraction of sp³-hybridized carbons (Fsp3) is 0.647. The molecule has 1 aromatic carbocycles. The molecule has 2 unspecified atom stereocenters. The minimum atomic E-state index is 0.724. The van der Waals surface area contributed by atoms with Gasteiger partial charge in [0.1, 0.15) is 12.4 Å². The minimum absolute atomic E-state index is 0.724. The van der Waals surface area contributed by atoms with E-state index in [2.05, 4.69) is 48.5 Å². The zero-order chi connectivity index (χ0) is 13.9. The predicted octanol–water partition coefficient (Wildman–Crippen LogP) is 2.59. The second-order valence-corrected chi connectivity index (χ2v) is 6.24. The number of nitrogens with one attached hydrogen (secondary N) is 1. The third-order valence-electron chi connectivity index (χ3n) is 4.90. The van der Waals surface area contributed by atoms with Gasteiger partial charge in [-0.25, -0.2) is 0 Å². The quantitative estimate of drug-likeness (QED) is 0.893. The smallest absolute Gasteiger partial charge is 0.119 e. The maximum Gasteiger partial charge on any atom is 0.119 e. The molecule has 3 rings (SSSR count). The Morgan fingerprint density at radius 2 is 2.00 bits per heavy atom. The highest BCUT2D eigenvalue weighted by atomic mass is 16.5. The van der Waals surface area contributed by atoms with E-state index in [4.69, 9.17) is 4.74 Å². The van der Waals surface area contributed by atoms with Gasteiger partial charge in [-0.3, -0.25) is 4.90 Å². The Bertz CT molecular complexity index is 434. The highest BCUT2D eigenvalue weighted by molar-refractivity contribution is 5.27. The fourth-order valence-electron chi connectivity index (χ4n) is 3.85. The number of piperidine rings is 1. The monoisotopic (exact) mass is 274 g/mol. The number of hydrogen-bond acceptors (Lipinski definition) is 3. The summed E-state index contributed by atoms with van der Waals surface area (Å²) in [6.07, 6.45) is 5.34. The van der Waals surface area contributed by atoms with Crippen LogP contribution in [-0.4, -0.2) is 43.2 Å². The number of rotatable bonds is 5. The first-order valence-corrected chi connectivity index (χ1v) is 7.88. The van der Waals surface area contributed by atoms with E-state index in [0.29, 0.717) is 0 Å². The fourth-order valence-corrected chi connectivity index (χ4v) is 3.85. The summed E-state index contributed by atoms with van der Waals surface area (Å²) >= 11 is 0. The average Bonchev–Trinajstić information content (AvgIpc) is 2.69. The largest absolute Gasteiger partial charge is 0.492 e. The Balaban J connectivity index is 1.50. The number of hydrogen-bond donors (Lipinski definition) is 1. The Hall–Kier alpha value is -1.06. The van der Waals surface area contributed by atoms with Crippen LogP contribution in [0.1, 0.15) is 31.2 Å². The zero-order valence-electron chi connectivity index (χ0n) is 12.6. The summed E-state index contributed by atoms with van der Waals surface area (Å²) in [5.74, 6) is 1.00. The van der Waals surface area contributed by atoms with Gasteiger partial charge in [0.15, 0.2) is 0 Å². The molecule has 2 heterocycles. The number of ether oxygens (including phenoxy) is 1. The first-order chi connectivity index (χ1) is 9.76. The van der Waals surface area contributed by atoms with E-state index in [1.165, 1.54) is 31.2 Å². The first-order valence-electron chi connectivity index (χ1n) is 7.88. The summed E-state index contributed by atoms with van der Waals surface area (Å²) in [7, 11) is 2.10. The van der Waals surface area contributed by atoms with E-state index >= 15 is 0 Å². The molecule has 1 N–H and O–H groups in total. The van der Waals surface area contributed by atoms with Crippen LogP contribution in [0, 0.1) is 6.92 Å². The first kappa shape index (κ1) is 13.9. The van der Waals surface area contributed by atoms with Crippen molar-refractivity contribution in [1.82, 2.24) is 10.2 Å². The summed E-state index contributed by atoms with van der Waals surface area (Å²) in [6, 6.07) is 10.6.